The standard InChI is InChI=1S/C18H11BrCl2N2S/c19-13-6-4-11(5-7-13)16-10-23-9-14(24-18(23)22-16)8-12-2-1-3-15(20)17(12)21/h1-7,9-10H,8H2. The van der Waals surface area contributed by atoms with Crippen LogP contribution in [0.1, 0.15) is 10.4 Å². The fourth-order valence-electron chi connectivity index (χ4n) is 2.56. The molecule has 2 nitrogen and oxygen atoms in total. The summed E-state index contributed by atoms with van der Waals surface area (Å²) in [5.41, 5.74) is 3.11. The number of thiazole rings is 1. The molecule has 6 heteroatoms. The molecule has 24 heavy (non-hydrogen) atoms. The maximum absolute atomic E-state index is 6.28. The van der Waals surface area contributed by atoms with Gasteiger partial charge in [-0.1, -0.05) is 63.4 Å². The molecule has 120 valence electrons. The third kappa shape index (κ3) is 3.11. The number of hydrogen-bond donors (Lipinski definition) is 0. The van der Waals surface area contributed by atoms with Crippen LogP contribution in [0.3, 0.4) is 0 Å². The number of hydrogen-bond acceptors (Lipinski definition) is 2. The van der Waals surface area contributed by atoms with Gasteiger partial charge < -0.3 is 0 Å². The number of aromatic nitrogens is 2. The van der Waals surface area contributed by atoms with E-state index in [2.05, 4.69) is 44.9 Å². The molecule has 0 amide bonds. The summed E-state index contributed by atoms with van der Waals surface area (Å²) >= 11 is 17.5. The molecule has 0 aliphatic carbocycles. The van der Waals surface area contributed by atoms with Crippen LogP contribution in [0.2, 0.25) is 10.0 Å². The van der Waals surface area contributed by atoms with Crippen LogP contribution in [0.4, 0.5) is 0 Å². The molecule has 0 radical (unpaired) electrons. The van der Waals surface area contributed by atoms with Gasteiger partial charge in [-0.2, -0.15) is 0 Å². The Kier molecular flexibility index (Phi) is 4.39. The Morgan fingerprint density at radius 3 is 2.58 bits per heavy atom. The van der Waals surface area contributed by atoms with Gasteiger partial charge in [0, 0.05) is 33.7 Å². The van der Waals surface area contributed by atoms with Gasteiger partial charge >= 0.3 is 0 Å². The van der Waals surface area contributed by atoms with Crippen molar-refractivity contribution >= 4 is 55.4 Å². The summed E-state index contributed by atoms with van der Waals surface area (Å²) in [6.07, 6.45) is 4.91. The molecule has 0 saturated carbocycles. The van der Waals surface area contributed by atoms with E-state index < -0.39 is 0 Å². The Labute approximate surface area is 161 Å². The van der Waals surface area contributed by atoms with Gasteiger partial charge in [-0.25, -0.2) is 4.98 Å². The van der Waals surface area contributed by atoms with Gasteiger partial charge in [0.05, 0.1) is 15.7 Å². The molecule has 0 bridgehead atoms. The highest BCUT2D eigenvalue weighted by Gasteiger charge is 2.11. The summed E-state index contributed by atoms with van der Waals surface area (Å²) in [7, 11) is 0. The van der Waals surface area contributed by atoms with Crippen molar-refractivity contribution in [1.82, 2.24) is 9.38 Å². The molecule has 4 aromatic rings. The Bertz CT molecular complexity index is 990. The molecule has 0 aliphatic heterocycles. The Morgan fingerprint density at radius 2 is 1.83 bits per heavy atom. The van der Waals surface area contributed by atoms with Crippen LogP contribution >= 0.6 is 50.5 Å². The molecule has 0 N–H and O–H groups in total. The molecule has 2 aromatic carbocycles. The molecular weight excluding hydrogens is 427 g/mol. The summed E-state index contributed by atoms with van der Waals surface area (Å²) in [5, 5.41) is 1.22. The second-order valence-electron chi connectivity index (χ2n) is 5.41. The van der Waals surface area contributed by atoms with E-state index in [9.17, 15) is 0 Å². The van der Waals surface area contributed by atoms with Gasteiger partial charge in [-0.05, 0) is 23.8 Å². The first-order valence-corrected chi connectivity index (χ1v) is 9.63. The van der Waals surface area contributed by atoms with Crippen LogP contribution in [0.5, 0.6) is 0 Å². The second kappa shape index (κ2) is 6.52. The molecule has 0 unspecified atom stereocenters. The zero-order valence-electron chi connectivity index (χ0n) is 12.3. The number of fused-ring (bicyclic) bond motifs is 1. The molecule has 0 atom stereocenters. The summed E-state index contributed by atoms with van der Waals surface area (Å²) in [5.74, 6) is 0. The number of imidazole rings is 1. The van der Waals surface area contributed by atoms with Crippen molar-refractivity contribution in [3.8, 4) is 11.3 Å². The molecule has 0 fully saturated rings. The highest BCUT2D eigenvalue weighted by Crippen LogP contribution is 2.30. The fourth-order valence-corrected chi connectivity index (χ4v) is 4.19. The van der Waals surface area contributed by atoms with Gasteiger partial charge in [0.25, 0.3) is 0 Å². The third-order valence-electron chi connectivity index (χ3n) is 3.74. The minimum absolute atomic E-state index is 0.591. The Balaban J connectivity index is 1.64. The average molecular weight is 438 g/mol. The summed E-state index contributed by atoms with van der Waals surface area (Å²) in [4.78, 5) is 6.89. The van der Waals surface area contributed by atoms with E-state index >= 15 is 0 Å². The first-order chi connectivity index (χ1) is 11.6. The van der Waals surface area contributed by atoms with Gasteiger partial charge in [-0.15, -0.1) is 11.3 Å². The van der Waals surface area contributed by atoms with E-state index in [1.165, 1.54) is 4.88 Å². The van der Waals surface area contributed by atoms with Crippen LogP contribution in [0.25, 0.3) is 16.2 Å². The van der Waals surface area contributed by atoms with Crippen molar-refractivity contribution in [1.29, 1.82) is 0 Å². The number of halogens is 3. The lowest BCUT2D eigenvalue weighted by Gasteiger charge is -2.03. The quantitative estimate of drug-likeness (QED) is 0.347. The van der Waals surface area contributed by atoms with Gasteiger partial charge in [0.1, 0.15) is 0 Å². The van der Waals surface area contributed by atoms with E-state index in [4.69, 9.17) is 28.2 Å². The maximum atomic E-state index is 6.28. The van der Waals surface area contributed by atoms with Crippen LogP contribution in [-0.4, -0.2) is 9.38 Å². The lowest BCUT2D eigenvalue weighted by Crippen LogP contribution is -1.87. The maximum Gasteiger partial charge on any atom is 0.194 e. The van der Waals surface area contributed by atoms with Gasteiger partial charge in [-0.3, -0.25) is 4.40 Å². The fraction of sp³-hybridized carbons (Fsp3) is 0.0556. The second-order valence-corrected chi connectivity index (χ2v) is 8.20. The van der Waals surface area contributed by atoms with E-state index in [0.29, 0.717) is 10.0 Å². The van der Waals surface area contributed by atoms with Crippen molar-refractivity contribution in [3.05, 3.63) is 79.8 Å². The Hall–Kier alpha value is -1.33. The normalized spacial score (nSPS) is 11.3. The van der Waals surface area contributed by atoms with E-state index in [-0.39, 0.29) is 0 Å². The molecule has 4 rings (SSSR count). The van der Waals surface area contributed by atoms with Crippen molar-refractivity contribution < 1.29 is 0 Å². The van der Waals surface area contributed by atoms with Crippen LogP contribution in [0, 0.1) is 0 Å². The van der Waals surface area contributed by atoms with Crippen molar-refractivity contribution in [2.45, 2.75) is 6.42 Å². The van der Waals surface area contributed by atoms with E-state index in [1.54, 1.807) is 17.4 Å². The van der Waals surface area contributed by atoms with E-state index in [0.717, 1.165) is 32.7 Å². The highest BCUT2D eigenvalue weighted by molar-refractivity contribution is 9.10. The average Bonchev–Trinajstić information content (AvgIpc) is 3.11. The predicted octanol–water partition coefficient (Wildman–Crippen LogP) is 6.72. The van der Waals surface area contributed by atoms with Crippen molar-refractivity contribution in [3.63, 3.8) is 0 Å². The van der Waals surface area contributed by atoms with Crippen LogP contribution in [-0.2, 0) is 6.42 Å². The zero-order valence-corrected chi connectivity index (χ0v) is 16.3. The summed E-state index contributed by atoms with van der Waals surface area (Å²) in [6, 6.07) is 13.9. The van der Waals surface area contributed by atoms with Crippen LogP contribution in [0.15, 0.2) is 59.3 Å². The lowest BCUT2D eigenvalue weighted by atomic mass is 10.1. The Morgan fingerprint density at radius 1 is 1.04 bits per heavy atom. The first kappa shape index (κ1) is 16.2. The predicted molar refractivity (Wildman–Crippen MR) is 105 cm³/mol. The highest BCUT2D eigenvalue weighted by atomic mass is 79.9. The van der Waals surface area contributed by atoms with E-state index in [1.807, 2.05) is 24.3 Å². The largest absolute Gasteiger partial charge is 0.297 e. The molecule has 0 saturated heterocycles. The molecular formula is C18H11BrCl2N2S. The summed E-state index contributed by atoms with van der Waals surface area (Å²) < 4.78 is 3.13. The van der Waals surface area contributed by atoms with Gasteiger partial charge in [0.2, 0.25) is 0 Å². The minimum Gasteiger partial charge on any atom is -0.297 e. The van der Waals surface area contributed by atoms with Crippen molar-refractivity contribution in [2.75, 3.05) is 0 Å². The number of benzene rings is 2. The molecule has 2 aromatic heterocycles. The monoisotopic (exact) mass is 436 g/mol. The van der Waals surface area contributed by atoms with Crippen LogP contribution < -0.4 is 0 Å². The van der Waals surface area contributed by atoms with Crippen molar-refractivity contribution in [2.24, 2.45) is 0 Å². The number of rotatable bonds is 3. The summed E-state index contributed by atoms with van der Waals surface area (Å²) in [6.45, 7) is 0. The number of nitrogens with zero attached hydrogens (tertiary/aromatic N) is 2. The zero-order chi connectivity index (χ0) is 16.7. The first-order valence-electron chi connectivity index (χ1n) is 7.26. The molecule has 0 spiro atoms. The SMILES string of the molecule is Clc1cccc(Cc2cn3cc(-c4ccc(Br)cc4)nc3s2)c1Cl. The third-order valence-corrected chi connectivity index (χ3v) is 6.12. The topological polar surface area (TPSA) is 17.3 Å². The van der Waals surface area contributed by atoms with Gasteiger partial charge in [0.15, 0.2) is 4.96 Å². The lowest BCUT2D eigenvalue weighted by molar-refractivity contribution is 1.16. The molecule has 0 aliphatic rings. The smallest absolute Gasteiger partial charge is 0.194 e. The molecule has 2 heterocycles. The minimum atomic E-state index is 0.591.